The lowest BCUT2D eigenvalue weighted by Crippen LogP contribution is -2.48. The van der Waals surface area contributed by atoms with Crippen LogP contribution in [0.3, 0.4) is 0 Å². The molecule has 4 saturated carbocycles. The number of hydrogen-bond acceptors (Lipinski definition) is 2. The highest BCUT2D eigenvalue weighted by Crippen LogP contribution is 2.57. The number of carbonyl (C=O) groups excluding carboxylic acids is 1. The highest BCUT2D eigenvalue weighted by molar-refractivity contribution is 6.33. The zero-order valence-corrected chi connectivity index (χ0v) is 13.5. The van der Waals surface area contributed by atoms with Crippen LogP contribution in [-0.2, 0) is 0 Å². The van der Waals surface area contributed by atoms with E-state index in [1.165, 1.54) is 32.1 Å². The van der Waals surface area contributed by atoms with Gasteiger partial charge in [0.1, 0.15) is 5.69 Å². The van der Waals surface area contributed by atoms with E-state index in [-0.39, 0.29) is 17.7 Å². The zero-order valence-electron chi connectivity index (χ0n) is 12.8. The number of halogens is 1. The number of hydrogen-bond donors (Lipinski definition) is 0. The minimum atomic E-state index is 0.174. The lowest BCUT2D eigenvalue weighted by atomic mass is 9.51. The Morgan fingerprint density at radius 2 is 1.76 bits per heavy atom. The fourth-order valence-electron chi connectivity index (χ4n) is 5.47. The molecule has 0 N–H and O–H groups in total. The molecule has 4 fully saturated rings. The summed E-state index contributed by atoms with van der Waals surface area (Å²) in [6.07, 6.45) is 8.09. The molecule has 0 aliphatic heterocycles. The second-order valence-corrected chi connectivity index (χ2v) is 8.11. The predicted octanol–water partition coefficient (Wildman–Crippen LogP) is 4.37. The maximum absolute atomic E-state index is 13.2. The van der Waals surface area contributed by atoms with Gasteiger partial charge in [-0.25, -0.2) is 0 Å². The van der Waals surface area contributed by atoms with E-state index >= 15 is 0 Å². The summed E-state index contributed by atoms with van der Waals surface area (Å²) in [7, 11) is 0. The second kappa shape index (κ2) is 4.84. The summed E-state index contributed by atoms with van der Waals surface area (Å²) < 4.78 is 1.82. The van der Waals surface area contributed by atoms with Crippen LogP contribution >= 0.6 is 11.6 Å². The van der Waals surface area contributed by atoms with Crippen molar-refractivity contribution < 1.29 is 4.79 Å². The largest absolute Gasteiger partial charge is 0.292 e. The Kier molecular flexibility index (Phi) is 3.18. The molecule has 4 heteroatoms. The van der Waals surface area contributed by atoms with Crippen molar-refractivity contribution in [3.63, 3.8) is 0 Å². The van der Waals surface area contributed by atoms with Crippen molar-refractivity contribution in [3.8, 4) is 0 Å². The Balaban J connectivity index is 1.68. The topological polar surface area (TPSA) is 34.9 Å². The molecule has 1 aromatic rings. The van der Waals surface area contributed by atoms with Crippen LogP contribution in [0.5, 0.6) is 0 Å². The Hall–Kier alpha value is -0.830. The average molecular weight is 307 g/mol. The summed E-state index contributed by atoms with van der Waals surface area (Å²) in [5.74, 6) is 3.44. The van der Waals surface area contributed by atoms with E-state index in [1.807, 2.05) is 4.68 Å². The van der Waals surface area contributed by atoms with Gasteiger partial charge in [-0.05, 0) is 69.6 Å². The van der Waals surface area contributed by atoms with E-state index in [9.17, 15) is 4.79 Å². The van der Waals surface area contributed by atoms with Crippen molar-refractivity contribution in [1.82, 2.24) is 9.78 Å². The lowest BCUT2D eigenvalue weighted by Gasteiger charge is -2.53. The number of ketones is 1. The summed E-state index contributed by atoms with van der Waals surface area (Å²) in [6, 6.07) is 0.174. The van der Waals surface area contributed by atoms with Crippen molar-refractivity contribution >= 4 is 17.4 Å². The fraction of sp³-hybridized carbons (Fsp3) is 0.765. The smallest absolute Gasteiger partial charge is 0.186 e. The number of Topliss-reactive ketones (excluding diaryl/α,β-unsaturated/α-hetero) is 1. The van der Waals surface area contributed by atoms with Crippen LogP contribution in [0, 0.1) is 29.6 Å². The molecule has 1 aromatic heterocycles. The van der Waals surface area contributed by atoms with Crippen molar-refractivity contribution in [1.29, 1.82) is 0 Å². The van der Waals surface area contributed by atoms with Gasteiger partial charge in [-0.1, -0.05) is 11.6 Å². The van der Waals surface area contributed by atoms with Gasteiger partial charge in [0.2, 0.25) is 0 Å². The van der Waals surface area contributed by atoms with Gasteiger partial charge in [-0.15, -0.1) is 0 Å². The summed E-state index contributed by atoms with van der Waals surface area (Å²) >= 11 is 6.29. The minimum Gasteiger partial charge on any atom is -0.292 e. The number of aromatic nitrogens is 2. The summed E-state index contributed by atoms with van der Waals surface area (Å²) in [6.45, 7) is 4.11. The standard InChI is InChI=1S/C17H23ClN2O/c1-9(2)20-16(14(18)8-19-20)17(21)15-12-4-10-3-11(6-12)7-13(15)5-10/h8-13,15H,3-7H2,1-2H3. The first-order valence-electron chi connectivity index (χ1n) is 8.31. The van der Waals surface area contributed by atoms with Crippen molar-refractivity contribution in [2.45, 2.75) is 52.0 Å². The molecule has 0 amide bonds. The highest BCUT2D eigenvalue weighted by Gasteiger charge is 2.51. The van der Waals surface area contributed by atoms with Crippen LogP contribution in [0.2, 0.25) is 5.02 Å². The van der Waals surface area contributed by atoms with Crippen LogP contribution in [0.4, 0.5) is 0 Å². The van der Waals surface area contributed by atoms with Crippen molar-refractivity contribution in [3.05, 3.63) is 16.9 Å². The fourth-order valence-corrected chi connectivity index (χ4v) is 5.70. The van der Waals surface area contributed by atoms with Crippen LogP contribution in [-0.4, -0.2) is 15.6 Å². The van der Waals surface area contributed by atoms with Crippen molar-refractivity contribution in [2.24, 2.45) is 29.6 Å². The highest BCUT2D eigenvalue weighted by atomic mass is 35.5. The third-order valence-electron chi connectivity index (χ3n) is 6.00. The van der Waals surface area contributed by atoms with Gasteiger partial charge in [0, 0.05) is 12.0 Å². The van der Waals surface area contributed by atoms with E-state index in [2.05, 4.69) is 18.9 Å². The zero-order chi connectivity index (χ0) is 14.7. The molecule has 5 rings (SSSR count). The van der Waals surface area contributed by atoms with Crippen LogP contribution in [0.1, 0.15) is 62.5 Å². The Labute approximate surface area is 131 Å². The van der Waals surface area contributed by atoms with E-state index in [0.29, 0.717) is 22.6 Å². The van der Waals surface area contributed by atoms with Gasteiger partial charge in [-0.2, -0.15) is 5.10 Å². The lowest BCUT2D eigenvalue weighted by molar-refractivity contribution is -0.0255. The molecule has 0 saturated heterocycles. The van der Waals surface area contributed by atoms with Gasteiger partial charge >= 0.3 is 0 Å². The summed E-state index contributed by atoms with van der Waals surface area (Å²) in [4.78, 5) is 13.2. The molecule has 0 spiro atoms. The van der Waals surface area contributed by atoms with Gasteiger partial charge < -0.3 is 0 Å². The van der Waals surface area contributed by atoms with Crippen LogP contribution in [0.25, 0.3) is 0 Å². The quantitative estimate of drug-likeness (QED) is 0.777. The maximum Gasteiger partial charge on any atom is 0.186 e. The first-order chi connectivity index (χ1) is 10.0. The molecule has 0 aromatic carbocycles. The van der Waals surface area contributed by atoms with E-state index < -0.39 is 0 Å². The monoisotopic (exact) mass is 306 g/mol. The Morgan fingerprint density at radius 3 is 2.29 bits per heavy atom. The third kappa shape index (κ3) is 2.08. The SMILES string of the molecule is CC(C)n1ncc(Cl)c1C(=O)C1C2CC3CC(C2)CC1C3. The minimum absolute atomic E-state index is 0.174. The molecule has 114 valence electrons. The van der Waals surface area contributed by atoms with E-state index in [4.69, 9.17) is 11.6 Å². The predicted molar refractivity (Wildman–Crippen MR) is 82.5 cm³/mol. The van der Waals surface area contributed by atoms with Gasteiger partial charge in [0.05, 0.1) is 11.2 Å². The molecular formula is C17H23ClN2O. The number of carbonyl (C=O) groups is 1. The van der Waals surface area contributed by atoms with Gasteiger partial charge in [-0.3, -0.25) is 9.48 Å². The first-order valence-corrected chi connectivity index (χ1v) is 8.69. The molecule has 0 atom stereocenters. The number of rotatable bonds is 3. The molecule has 21 heavy (non-hydrogen) atoms. The molecule has 0 radical (unpaired) electrons. The Bertz CT molecular complexity index is 549. The van der Waals surface area contributed by atoms with E-state index in [1.54, 1.807) is 6.20 Å². The molecule has 0 unspecified atom stereocenters. The molecule has 3 nitrogen and oxygen atoms in total. The summed E-state index contributed by atoms with van der Waals surface area (Å²) in [5, 5.41) is 4.84. The molecule has 4 aliphatic rings. The Morgan fingerprint density at radius 1 is 1.19 bits per heavy atom. The van der Waals surface area contributed by atoms with Gasteiger partial charge in [0.25, 0.3) is 0 Å². The molecule has 4 bridgehead atoms. The van der Waals surface area contributed by atoms with Crippen LogP contribution < -0.4 is 0 Å². The normalized spacial score (nSPS) is 37.4. The third-order valence-corrected chi connectivity index (χ3v) is 6.28. The second-order valence-electron chi connectivity index (χ2n) is 7.70. The van der Waals surface area contributed by atoms with Gasteiger partial charge in [0.15, 0.2) is 5.78 Å². The first kappa shape index (κ1) is 13.8. The average Bonchev–Trinajstić information content (AvgIpc) is 2.79. The maximum atomic E-state index is 13.2. The molecule has 1 heterocycles. The van der Waals surface area contributed by atoms with E-state index in [0.717, 1.165) is 11.8 Å². The molecular weight excluding hydrogens is 284 g/mol. The van der Waals surface area contributed by atoms with Crippen molar-refractivity contribution in [2.75, 3.05) is 0 Å². The molecule has 4 aliphatic carbocycles. The number of nitrogens with zero attached hydrogens (tertiary/aromatic N) is 2. The summed E-state index contributed by atoms with van der Waals surface area (Å²) in [5.41, 5.74) is 0.657. The van der Waals surface area contributed by atoms with Crippen LogP contribution in [0.15, 0.2) is 6.20 Å².